The highest BCUT2D eigenvalue weighted by atomic mass is 79.9. The normalized spacial score (nSPS) is 18.9. The van der Waals surface area contributed by atoms with Gasteiger partial charge in [0.15, 0.2) is 5.11 Å². The summed E-state index contributed by atoms with van der Waals surface area (Å²) in [6, 6.07) is 6.51. The number of halogens is 3. The van der Waals surface area contributed by atoms with Gasteiger partial charge in [-0.2, -0.15) is 0 Å². The molecular weight excluding hydrogens is 517 g/mol. The number of hydrogen-bond acceptors (Lipinski definition) is 6. The van der Waals surface area contributed by atoms with E-state index in [9.17, 15) is 9.59 Å². The fourth-order valence-electron chi connectivity index (χ4n) is 3.11. The van der Waals surface area contributed by atoms with Crippen molar-refractivity contribution in [2.75, 3.05) is 36.1 Å². The summed E-state index contributed by atoms with van der Waals surface area (Å²) in [4.78, 5) is 28.8. The van der Waals surface area contributed by atoms with Crippen LogP contribution in [0, 0.1) is 0 Å². The molecular formula is C19H14BrCl2N3O4S. The SMILES string of the molecule is O=C1NC(=S)N(c2cccc(Cl)c2Cl)C(=O)/C1=C/c1cc(Br)c(N2CCOCC2)o1. The molecule has 2 aliphatic heterocycles. The van der Waals surface area contributed by atoms with Gasteiger partial charge in [0.2, 0.25) is 5.88 Å². The van der Waals surface area contributed by atoms with Crippen LogP contribution in [0.2, 0.25) is 10.0 Å². The minimum Gasteiger partial charge on any atom is -0.440 e. The van der Waals surface area contributed by atoms with Crippen molar-refractivity contribution in [2.45, 2.75) is 0 Å². The molecule has 1 aromatic heterocycles. The molecule has 7 nitrogen and oxygen atoms in total. The summed E-state index contributed by atoms with van der Waals surface area (Å²) in [5, 5.41) is 2.84. The first-order chi connectivity index (χ1) is 14.4. The Morgan fingerprint density at radius 1 is 1.20 bits per heavy atom. The quantitative estimate of drug-likeness (QED) is 0.367. The number of nitrogens with zero attached hydrogens (tertiary/aromatic N) is 2. The lowest BCUT2D eigenvalue weighted by atomic mass is 10.1. The predicted molar refractivity (Wildman–Crippen MR) is 122 cm³/mol. The number of carbonyl (C=O) groups excluding carboxylic acids is 2. The van der Waals surface area contributed by atoms with Gasteiger partial charge in [-0.1, -0.05) is 29.3 Å². The lowest BCUT2D eigenvalue weighted by molar-refractivity contribution is -0.122. The van der Waals surface area contributed by atoms with Gasteiger partial charge in [-0.15, -0.1) is 0 Å². The Labute approximate surface area is 195 Å². The van der Waals surface area contributed by atoms with Crippen molar-refractivity contribution in [3.63, 3.8) is 0 Å². The smallest absolute Gasteiger partial charge is 0.270 e. The first kappa shape index (κ1) is 21.3. The molecule has 30 heavy (non-hydrogen) atoms. The third kappa shape index (κ3) is 4.00. The number of thiocarbonyl (C=S) groups is 1. The van der Waals surface area contributed by atoms with Crippen LogP contribution in [-0.2, 0) is 14.3 Å². The van der Waals surface area contributed by atoms with Crippen molar-refractivity contribution in [3.8, 4) is 0 Å². The molecule has 0 aliphatic carbocycles. The zero-order valence-electron chi connectivity index (χ0n) is 15.3. The van der Waals surface area contributed by atoms with Gasteiger partial charge < -0.3 is 14.1 Å². The third-order valence-electron chi connectivity index (χ3n) is 4.55. The van der Waals surface area contributed by atoms with Crippen LogP contribution in [0.1, 0.15) is 5.76 Å². The number of benzene rings is 1. The molecule has 0 atom stereocenters. The highest BCUT2D eigenvalue weighted by Gasteiger charge is 2.36. The molecule has 2 saturated heterocycles. The molecule has 4 rings (SSSR count). The van der Waals surface area contributed by atoms with Gasteiger partial charge in [-0.25, -0.2) is 0 Å². The first-order valence-electron chi connectivity index (χ1n) is 8.84. The van der Waals surface area contributed by atoms with Crippen LogP contribution >= 0.6 is 51.3 Å². The summed E-state index contributed by atoms with van der Waals surface area (Å²) < 4.78 is 11.9. The summed E-state index contributed by atoms with van der Waals surface area (Å²) in [5.74, 6) is -0.306. The Hall–Kier alpha value is -1.91. The summed E-state index contributed by atoms with van der Waals surface area (Å²) in [7, 11) is 0. The number of amides is 2. The Bertz CT molecular complexity index is 1080. The minimum atomic E-state index is -0.631. The van der Waals surface area contributed by atoms with E-state index in [4.69, 9.17) is 44.6 Å². The number of carbonyl (C=O) groups is 2. The molecule has 0 radical (unpaired) electrons. The Morgan fingerprint density at radius 2 is 1.93 bits per heavy atom. The van der Waals surface area contributed by atoms with E-state index in [0.717, 1.165) is 4.90 Å². The third-order valence-corrected chi connectivity index (χ3v) is 6.21. The number of rotatable bonds is 3. The Kier molecular flexibility index (Phi) is 6.17. The molecule has 2 amide bonds. The number of anilines is 2. The maximum atomic E-state index is 13.1. The summed E-state index contributed by atoms with van der Waals surface area (Å²) in [6.07, 6.45) is 1.37. The topological polar surface area (TPSA) is 75.0 Å². The molecule has 2 aliphatic rings. The summed E-state index contributed by atoms with van der Waals surface area (Å²) in [5.41, 5.74) is 0.133. The van der Waals surface area contributed by atoms with Crippen molar-refractivity contribution >= 4 is 85.9 Å². The number of furan rings is 1. The van der Waals surface area contributed by atoms with Gasteiger partial charge in [0, 0.05) is 19.2 Å². The highest BCUT2D eigenvalue weighted by molar-refractivity contribution is 9.10. The molecule has 156 valence electrons. The van der Waals surface area contributed by atoms with E-state index in [2.05, 4.69) is 21.2 Å². The molecule has 1 N–H and O–H groups in total. The van der Waals surface area contributed by atoms with E-state index < -0.39 is 11.8 Å². The standard InChI is InChI=1S/C19H14BrCl2N3O4S/c20-12-9-10(29-18(12)24-4-6-28-7-5-24)8-11-16(26)23-19(30)25(17(11)27)14-3-1-2-13(21)15(14)22/h1-3,8-9H,4-7H2,(H,23,26,30)/b11-8+. The molecule has 0 unspecified atom stereocenters. The van der Waals surface area contributed by atoms with Crippen molar-refractivity contribution in [1.82, 2.24) is 5.32 Å². The molecule has 2 fully saturated rings. The van der Waals surface area contributed by atoms with Crippen molar-refractivity contribution in [1.29, 1.82) is 0 Å². The molecule has 0 saturated carbocycles. The van der Waals surface area contributed by atoms with Crippen LogP contribution in [0.3, 0.4) is 0 Å². The molecule has 11 heteroatoms. The van der Waals surface area contributed by atoms with Gasteiger partial charge in [0.05, 0.1) is 33.4 Å². The van der Waals surface area contributed by atoms with Crippen molar-refractivity contribution in [3.05, 3.63) is 50.1 Å². The van der Waals surface area contributed by atoms with Crippen LogP contribution in [0.15, 0.2) is 38.7 Å². The lowest BCUT2D eigenvalue weighted by Crippen LogP contribution is -2.54. The van der Waals surface area contributed by atoms with E-state index in [1.54, 1.807) is 24.3 Å². The fraction of sp³-hybridized carbons (Fsp3) is 0.211. The van der Waals surface area contributed by atoms with Gasteiger partial charge in [0.25, 0.3) is 11.8 Å². The highest BCUT2D eigenvalue weighted by Crippen LogP contribution is 2.35. The van der Waals surface area contributed by atoms with Crippen LogP contribution in [-0.4, -0.2) is 43.2 Å². The lowest BCUT2D eigenvalue weighted by Gasteiger charge is -2.29. The van der Waals surface area contributed by atoms with E-state index in [0.29, 0.717) is 42.4 Å². The number of hydrogen-bond donors (Lipinski definition) is 1. The average Bonchev–Trinajstić information content (AvgIpc) is 3.09. The largest absolute Gasteiger partial charge is 0.440 e. The van der Waals surface area contributed by atoms with Gasteiger partial charge in [-0.05, 0) is 46.4 Å². The second-order valence-electron chi connectivity index (χ2n) is 6.43. The molecule has 2 aromatic rings. The average molecular weight is 531 g/mol. The second-order valence-corrected chi connectivity index (χ2v) is 8.46. The van der Waals surface area contributed by atoms with Crippen LogP contribution in [0.25, 0.3) is 6.08 Å². The monoisotopic (exact) mass is 529 g/mol. The van der Waals surface area contributed by atoms with Crippen molar-refractivity contribution < 1.29 is 18.7 Å². The number of nitrogens with one attached hydrogen (secondary N) is 1. The Morgan fingerprint density at radius 3 is 2.67 bits per heavy atom. The van der Waals surface area contributed by atoms with Gasteiger partial charge >= 0.3 is 0 Å². The zero-order valence-corrected chi connectivity index (χ0v) is 19.2. The Balaban J connectivity index is 1.69. The predicted octanol–water partition coefficient (Wildman–Crippen LogP) is 4.02. The van der Waals surface area contributed by atoms with Crippen LogP contribution < -0.4 is 15.1 Å². The fourth-order valence-corrected chi connectivity index (χ4v) is 4.32. The van der Waals surface area contributed by atoms with Crippen molar-refractivity contribution in [2.24, 2.45) is 0 Å². The van der Waals surface area contributed by atoms with Crippen LogP contribution in [0.4, 0.5) is 11.6 Å². The number of ether oxygens (including phenoxy) is 1. The summed E-state index contributed by atoms with van der Waals surface area (Å²) >= 11 is 21.0. The molecule has 0 bridgehead atoms. The maximum absolute atomic E-state index is 13.1. The molecule has 1 aromatic carbocycles. The van der Waals surface area contributed by atoms with Gasteiger partial charge in [0.1, 0.15) is 11.3 Å². The minimum absolute atomic E-state index is 0.0825. The number of morpholine rings is 1. The maximum Gasteiger partial charge on any atom is 0.270 e. The first-order valence-corrected chi connectivity index (χ1v) is 10.8. The second kappa shape index (κ2) is 8.68. The summed E-state index contributed by atoms with van der Waals surface area (Å²) in [6.45, 7) is 2.54. The molecule has 3 heterocycles. The zero-order chi connectivity index (χ0) is 21.4. The van der Waals surface area contributed by atoms with E-state index in [1.807, 2.05) is 4.90 Å². The van der Waals surface area contributed by atoms with E-state index in [-0.39, 0.29) is 26.4 Å². The molecule has 0 spiro atoms. The van der Waals surface area contributed by atoms with Gasteiger partial charge in [-0.3, -0.25) is 19.8 Å². The van der Waals surface area contributed by atoms with E-state index in [1.165, 1.54) is 6.08 Å². The van der Waals surface area contributed by atoms with E-state index >= 15 is 0 Å². The van der Waals surface area contributed by atoms with Crippen LogP contribution in [0.5, 0.6) is 0 Å².